The van der Waals surface area contributed by atoms with E-state index < -0.39 is 0 Å². The lowest BCUT2D eigenvalue weighted by Gasteiger charge is -2.17. The zero-order valence-electron chi connectivity index (χ0n) is 15.3. The van der Waals surface area contributed by atoms with Gasteiger partial charge in [-0.25, -0.2) is 0 Å². The highest BCUT2D eigenvalue weighted by Crippen LogP contribution is 2.22. The van der Waals surface area contributed by atoms with Crippen molar-refractivity contribution < 1.29 is 0 Å². The Kier molecular flexibility index (Phi) is 14.1. The molecule has 0 nitrogen and oxygen atoms in total. The fourth-order valence-electron chi connectivity index (χ4n) is 2.49. The first-order chi connectivity index (χ1) is 10.1. The molecule has 0 N–H and O–H groups in total. The van der Waals surface area contributed by atoms with Gasteiger partial charge < -0.3 is 0 Å². The van der Waals surface area contributed by atoms with Gasteiger partial charge >= 0.3 is 0 Å². The first-order valence-electron chi connectivity index (χ1n) is 9.36. The van der Waals surface area contributed by atoms with Gasteiger partial charge in [-0.2, -0.15) is 0 Å². The highest BCUT2D eigenvalue weighted by molar-refractivity contribution is 4.83. The SMILES string of the molecule is CC/C=C\CCCC/C=C\CCCCCCCC(C)(C)C. The Morgan fingerprint density at radius 1 is 0.571 bits per heavy atom. The number of unbranched alkanes of at least 4 members (excludes halogenated alkanes) is 8. The Morgan fingerprint density at radius 3 is 1.52 bits per heavy atom. The van der Waals surface area contributed by atoms with E-state index in [1.54, 1.807) is 0 Å². The normalized spacial score (nSPS) is 12.8. The summed E-state index contributed by atoms with van der Waals surface area (Å²) in [4.78, 5) is 0. The van der Waals surface area contributed by atoms with Crippen LogP contribution in [0.1, 0.15) is 105 Å². The molecule has 0 unspecified atom stereocenters. The van der Waals surface area contributed by atoms with Crippen molar-refractivity contribution in [3.8, 4) is 0 Å². The molecule has 124 valence electrons. The van der Waals surface area contributed by atoms with Gasteiger partial charge in [-0.3, -0.25) is 0 Å². The van der Waals surface area contributed by atoms with Crippen molar-refractivity contribution in [2.24, 2.45) is 5.41 Å². The monoisotopic (exact) mass is 292 g/mol. The summed E-state index contributed by atoms with van der Waals surface area (Å²) in [5, 5.41) is 0. The van der Waals surface area contributed by atoms with E-state index in [0.29, 0.717) is 5.41 Å². The summed E-state index contributed by atoms with van der Waals surface area (Å²) in [6, 6.07) is 0. The van der Waals surface area contributed by atoms with Crippen molar-refractivity contribution in [2.75, 3.05) is 0 Å². The van der Waals surface area contributed by atoms with Gasteiger partial charge in [0.15, 0.2) is 0 Å². The predicted octanol–water partition coefficient (Wildman–Crippen LogP) is 7.85. The maximum absolute atomic E-state index is 2.40. The molecular formula is C21H40. The molecule has 0 aliphatic heterocycles. The van der Waals surface area contributed by atoms with Crippen LogP contribution in [-0.4, -0.2) is 0 Å². The molecular weight excluding hydrogens is 252 g/mol. The van der Waals surface area contributed by atoms with Crippen LogP contribution in [0.2, 0.25) is 0 Å². The molecule has 0 atom stereocenters. The topological polar surface area (TPSA) is 0 Å². The Morgan fingerprint density at radius 2 is 1.00 bits per heavy atom. The van der Waals surface area contributed by atoms with Crippen molar-refractivity contribution in [1.82, 2.24) is 0 Å². The smallest absolute Gasteiger partial charge is 0.0351 e. The molecule has 0 saturated heterocycles. The summed E-state index contributed by atoms with van der Waals surface area (Å²) in [5.41, 5.74) is 0.523. The second kappa shape index (κ2) is 14.4. The largest absolute Gasteiger partial charge is 0.0888 e. The molecule has 0 rings (SSSR count). The van der Waals surface area contributed by atoms with Crippen molar-refractivity contribution in [2.45, 2.75) is 105 Å². The van der Waals surface area contributed by atoms with Crippen LogP contribution in [0.5, 0.6) is 0 Å². The lowest BCUT2D eigenvalue weighted by atomic mass is 9.89. The van der Waals surface area contributed by atoms with E-state index in [4.69, 9.17) is 0 Å². The van der Waals surface area contributed by atoms with Gasteiger partial charge in [0.2, 0.25) is 0 Å². The van der Waals surface area contributed by atoms with Gasteiger partial charge in [0.1, 0.15) is 0 Å². The standard InChI is InChI=1S/C21H40/c1-5-6-7-8-9-10-11-12-13-14-15-16-17-18-19-20-21(2,3)4/h6-7,12-13H,5,8-11,14-20H2,1-4H3/b7-6-,13-12-. The first kappa shape index (κ1) is 20.5. The van der Waals surface area contributed by atoms with Crippen LogP contribution in [0.25, 0.3) is 0 Å². The summed E-state index contributed by atoms with van der Waals surface area (Å²) in [6.07, 6.45) is 25.5. The molecule has 0 aromatic carbocycles. The summed E-state index contributed by atoms with van der Waals surface area (Å²) < 4.78 is 0. The minimum atomic E-state index is 0.523. The number of hydrogen-bond donors (Lipinski definition) is 0. The average Bonchev–Trinajstić information content (AvgIpc) is 2.42. The van der Waals surface area contributed by atoms with Gasteiger partial charge in [0, 0.05) is 0 Å². The third kappa shape index (κ3) is 19.5. The highest BCUT2D eigenvalue weighted by Gasteiger charge is 2.08. The minimum absolute atomic E-state index is 0.523. The molecule has 0 bridgehead atoms. The third-order valence-corrected chi connectivity index (χ3v) is 3.86. The molecule has 0 aliphatic rings. The van der Waals surface area contributed by atoms with E-state index in [1.165, 1.54) is 77.0 Å². The van der Waals surface area contributed by atoms with E-state index in [0.717, 1.165) is 0 Å². The molecule has 0 heterocycles. The van der Waals surface area contributed by atoms with Crippen molar-refractivity contribution >= 4 is 0 Å². The van der Waals surface area contributed by atoms with Crippen molar-refractivity contribution in [3.05, 3.63) is 24.3 Å². The number of allylic oxidation sites excluding steroid dienone is 4. The summed E-state index contributed by atoms with van der Waals surface area (Å²) >= 11 is 0. The van der Waals surface area contributed by atoms with Crippen LogP contribution in [0.4, 0.5) is 0 Å². The first-order valence-corrected chi connectivity index (χ1v) is 9.36. The molecule has 0 aromatic rings. The Bertz CT molecular complexity index is 252. The second-order valence-electron chi connectivity index (χ2n) is 7.50. The Hall–Kier alpha value is -0.520. The molecule has 0 aromatic heterocycles. The predicted molar refractivity (Wildman–Crippen MR) is 98.8 cm³/mol. The molecule has 0 spiro atoms. The van der Waals surface area contributed by atoms with E-state index in [-0.39, 0.29) is 0 Å². The number of hydrogen-bond acceptors (Lipinski definition) is 0. The second-order valence-corrected chi connectivity index (χ2v) is 7.50. The molecule has 0 saturated carbocycles. The molecule has 0 radical (unpaired) electrons. The lowest BCUT2D eigenvalue weighted by molar-refractivity contribution is 0.356. The molecule has 21 heavy (non-hydrogen) atoms. The van der Waals surface area contributed by atoms with Crippen LogP contribution < -0.4 is 0 Å². The van der Waals surface area contributed by atoms with Crippen LogP contribution in [-0.2, 0) is 0 Å². The summed E-state index contributed by atoms with van der Waals surface area (Å²) in [5.74, 6) is 0. The Balaban J connectivity index is 3.17. The zero-order chi connectivity index (χ0) is 15.8. The van der Waals surface area contributed by atoms with E-state index in [1.807, 2.05) is 0 Å². The van der Waals surface area contributed by atoms with Crippen LogP contribution >= 0.6 is 0 Å². The van der Waals surface area contributed by atoms with Crippen LogP contribution in [0, 0.1) is 5.41 Å². The van der Waals surface area contributed by atoms with Gasteiger partial charge in [-0.1, -0.05) is 77.7 Å². The lowest BCUT2D eigenvalue weighted by Crippen LogP contribution is -2.03. The fraction of sp³-hybridized carbons (Fsp3) is 0.810. The van der Waals surface area contributed by atoms with Crippen LogP contribution in [0.15, 0.2) is 24.3 Å². The summed E-state index contributed by atoms with van der Waals surface area (Å²) in [6.45, 7) is 9.23. The average molecular weight is 293 g/mol. The highest BCUT2D eigenvalue weighted by atomic mass is 14.1. The maximum Gasteiger partial charge on any atom is -0.0351 e. The van der Waals surface area contributed by atoms with E-state index >= 15 is 0 Å². The fourth-order valence-corrected chi connectivity index (χ4v) is 2.49. The minimum Gasteiger partial charge on any atom is -0.0888 e. The van der Waals surface area contributed by atoms with E-state index in [9.17, 15) is 0 Å². The Labute approximate surface area is 135 Å². The molecule has 0 aliphatic carbocycles. The van der Waals surface area contributed by atoms with Crippen molar-refractivity contribution in [1.29, 1.82) is 0 Å². The van der Waals surface area contributed by atoms with Gasteiger partial charge in [-0.15, -0.1) is 0 Å². The van der Waals surface area contributed by atoms with Crippen molar-refractivity contribution in [3.63, 3.8) is 0 Å². The number of rotatable bonds is 13. The van der Waals surface area contributed by atoms with E-state index in [2.05, 4.69) is 52.0 Å². The van der Waals surface area contributed by atoms with Gasteiger partial charge in [-0.05, 0) is 56.8 Å². The van der Waals surface area contributed by atoms with Crippen LogP contribution in [0.3, 0.4) is 0 Å². The summed E-state index contributed by atoms with van der Waals surface area (Å²) in [7, 11) is 0. The molecule has 0 heteroatoms. The maximum atomic E-state index is 2.40. The zero-order valence-corrected chi connectivity index (χ0v) is 15.3. The third-order valence-electron chi connectivity index (χ3n) is 3.86. The van der Waals surface area contributed by atoms with Gasteiger partial charge in [0.25, 0.3) is 0 Å². The molecule has 0 fully saturated rings. The van der Waals surface area contributed by atoms with Gasteiger partial charge in [0.05, 0.1) is 0 Å². The quantitative estimate of drug-likeness (QED) is 0.239. The molecule has 0 amide bonds.